The molecular formula is C16H21NO2. The summed E-state index contributed by atoms with van der Waals surface area (Å²) in [6.07, 6.45) is 2.05. The second-order valence-electron chi connectivity index (χ2n) is 5.32. The monoisotopic (exact) mass is 259 g/mol. The van der Waals surface area contributed by atoms with Crippen molar-refractivity contribution in [2.24, 2.45) is 0 Å². The van der Waals surface area contributed by atoms with Crippen LogP contribution in [0.5, 0.6) is 0 Å². The minimum Gasteiger partial charge on any atom is -0.332 e. The molecule has 1 atom stereocenters. The van der Waals surface area contributed by atoms with Gasteiger partial charge in [-0.15, -0.1) is 0 Å². The molecule has 1 aromatic rings. The van der Waals surface area contributed by atoms with Gasteiger partial charge >= 0.3 is 0 Å². The van der Waals surface area contributed by atoms with E-state index in [1.807, 2.05) is 39.0 Å². The topological polar surface area (TPSA) is 37.4 Å². The standard InChI is InChI=1S/C16H21NO2/c1-4-9-17-14(7-8-15(17)18)16(19)13-6-5-11(2)10-12(13)3/h5-6,10,14H,4,7-9H2,1-3H3/t14-/m0/s1. The average molecular weight is 259 g/mol. The quantitative estimate of drug-likeness (QED) is 0.780. The predicted octanol–water partition coefficient (Wildman–Crippen LogP) is 2.89. The van der Waals surface area contributed by atoms with Crippen LogP contribution in [0.3, 0.4) is 0 Å². The first-order chi connectivity index (χ1) is 9.04. The first-order valence-corrected chi connectivity index (χ1v) is 6.95. The lowest BCUT2D eigenvalue weighted by atomic mass is 9.96. The highest BCUT2D eigenvalue weighted by atomic mass is 16.2. The third-order valence-corrected chi connectivity index (χ3v) is 3.74. The fourth-order valence-electron chi connectivity index (χ4n) is 2.80. The Morgan fingerprint density at radius 3 is 2.74 bits per heavy atom. The molecule has 1 aliphatic heterocycles. The highest BCUT2D eigenvalue weighted by molar-refractivity contribution is 6.04. The normalized spacial score (nSPS) is 19.0. The maximum atomic E-state index is 12.6. The highest BCUT2D eigenvalue weighted by Gasteiger charge is 2.35. The van der Waals surface area contributed by atoms with Gasteiger partial charge in [-0.05, 0) is 32.3 Å². The van der Waals surface area contributed by atoms with Crippen molar-refractivity contribution < 1.29 is 9.59 Å². The van der Waals surface area contributed by atoms with Crippen molar-refractivity contribution >= 4 is 11.7 Å². The molecule has 0 N–H and O–H groups in total. The summed E-state index contributed by atoms with van der Waals surface area (Å²) in [6.45, 7) is 6.69. The predicted molar refractivity (Wildman–Crippen MR) is 75.3 cm³/mol. The molecule has 1 saturated heterocycles. The number of rotatable bonds is 4. The van der Waals surface area contributed by atoms with Gasteiger partial charge in [0.05, 0.1) is 6.04 Å². The maximum Gasteiger partial charge on any atom is 0.223 e. The van der Waals surface area contributed by atoms with E-state index in [1.54, 1.807) is 4.90 Å². The second kappa shape index (κ2) is 5.55. The molecule has 3 nitrogen and oxygen atoms in total. The summed E-state index contributed by atoms with van der Waals surface area (Å²) in [4.78, 5) is 26.2. The number of nitrogens with zero attached hydrogens (tertiary/aromatic N) is 1. The van der Waals surface area contributed by atoms with Crippen LogP contribution >= 0.6 is 0 Å². The van der Waals surface area contributed by atoms with Gasteiger partial charge < -0.3 is 4.90 Å². The number of hydrogen-bond donors (Lipinski definition) is 0. The molecule has 1 aromatic carbocycles. The number of ketones is 1. The summed E-state index contributed by atoms with van der Waals surface area (Å²) in [6, 6.07) is 5.61. The molecule has 1 heterocycles. The van der Waals surface area contributed by atoms with E-state index < -0.39 is 0 Å². The van der Waals surface area contributed by atoms with Crippen molar-refractivity contribution in [2.45, 2.75) is 46.1 Å². The molecule has 0 radical (unpaired) electrons. The number of amides is 1. The number of likely N-dealkylation sites (tertiary alicyclic amines) is 1. The van der Waals surface area contributed by atoms with Crippen LogP contribution in [0.4, 0.5) is 0 Å². The Morgan fingerprint density at radius 1 is 1.37 bits per heavy atom. The molecular weight excluding hydrogens is 238 g/mol. The van der Waals surface area contributed by atoms with E-state index in [4.69, 9.17) is 0 Å². The Hall–Kier alpha value is -1.64. The van der Waals surface area contributed by atoms with E-state index in [9.17, 15) is 9.59 Å². The average Bonchev–Trinajstić information content (AvgIpc) is 2.71. The lowest BCUT2D eigenvalue weighted by molar-refractivity contribution is -0.128. The van der Waals surface area contributed by atoms with Gasteiger partial charge in [0, 0.05) is 18.5 Å². The molecule has 102 valence electrons. The molecule has 1 aliphatic rings. The lowest BCUT2D eigenvalue weighted by Gasteiger charge is -2.23. The number of aryl methyl sites for hydroxylation is 2. The molecule has 1 amide bonds. The molecule has 2 rings (SSSR count). The molecule has 0 unspecified atom stereocenters. The SMILES string of the molecule is CCCN1C(=O)CC[C@H]1C(=O)c1ccc(C)cc1C. The van der Waals surface area contributed by atoms with E-state index in [1.165, 1.54) is 0 Å². The van der Waals surface area contributed by atoms with Crippen LogP contribution in [0.1, 0.15) is 47.7 Å². The molecule has 0 saturated carbocycles. The third-order valence-electron chi connectivity index (χ3n) is 3.74. The minimum atomic E-state index is -0.256. The van der Waals surface area contributed by atoms with Crippen LogP contribution in [0.15, 0.2) is 18.2 Å². The number of carbonyl (C=O) groups excluding carboxylic acids is 2. The van der Waals surface area contributed by atoms with E-state index in [0.29, 0.717) is 19.4 Å². The summed E-state index contributed by atoms with van der Waals surface area (Å²) in [7, 11) is 0. The Morgan fingerprint density at radius 2 is 2.11 bits per heavy atom. The first kappa shape index (κ1) is 13.8. The molecule has 19 heavy (non-hydrogen) atoms. The Bertz CT molecular complexity index is 507. The number of Topliss-reactive ketones (excluding diaryl/α,β-unsaturated/α-hetero) is 1. The Kier molecular flexibility index (Phi) is 4.03. The van der Waals surface area contributed by atoms with Gasteiger partial charge in [0.15, 0.2) is 5.78 Å². The number of hydrogen-bond acceptors (Lipinski definition) is 2. The van der Waals surface area contributed by atoms with Gasteiger partial charge in [-0.3, -0.25) is 9.59 Å². The van der Waals surface area contributed by atoms with Crippen molar-refractivity contribution in [3.8, 4) is 0 Å². The fraction of sp³-hybridized carbons (Fsp3) is 0.500. The largest absolute Gasteiger partial charge is 0.332 e. The van der Waals surface area contributed by atoms with Crippen molar-refractivity contribution in [3.05, 3.63) is 34.9 Å². The molecule has 3 heteroatoms. The summed E-state index contributed by atoms with van der Waals surface area (Å²) in [5.74, 6) is 0.210. The van der Waals surface area contributed by atoms with Gasteiger partial charge in [0.25, 0.3) is 0 Å². The van der Waals surface area contributed by atoms with E-state index in [0.717, 1.165) is 23.1 Å². The van der Waals surface area contributed by atoms with Crippen LogP contribution < -0.4 is 0 Å². The van der Waals surface area contributed by atoms with Crippen LogP contribution in [-0.2, 0) is 4.79 Å². The van der Waals surface area contributed by atoms with E-state index >= 15 is 0 Å². The van der Waals surface area contributed by atoms with Gasteiger partial charge in [-0.1, -0.05) is 30.7 Å². The zero-order valence-electron chi connectivity index (χ0n) is 11.9. The lowest BCUT2D eigenvalue weighted by Crippen LogP contribution is -2.39. The third kappa shape index (κ3) is 2.70. The van der Waals surface area contributed by atoms with Gasteiger partial charge in [-0.2, -0.15) is 0 Å². The fourth-order valence-corrected chi connectivity index (χ4v) is 2.80. The van der Waals surface area contributed by atoms with Crippen LogP contribution in [0, 0.1) is 13.8 Å². The maximum absolute atomic E-state index is 12.6. The Labute approximate surface area is 114 Å². The zero-order valence-corrected chi connectivity index (χ0v) is 11.9. The van der Waals surface area contributed by atoms with Crippen molar-refractivity contribution in [3.63, 3.8) is 0 Å². The summed E-state index contributed by atoms with van der Waals surface area (Å²) in [5, 5.41) is 0. The van der Waals surface area contributed by atoms with E-state index in [2.05, 4.69) is 0 Å². The van der Waals surface area contributed by atoms with Crippen LogP contribution in [0.25, 0.3) is 0 Å². The van der Waals surface area contributed by atoms with Crippen molar-refractivity contribution in [1.82, 2.24) is 4.90 Å². The second-order valence-corrected chi connectivity index (χ2v) is 5.32. The minimum absolute atomic E-state index is 0.0943. The summed E-state index contributed by atoms with van der Waals surface area (Å²) < 4.78 is 0. The highest BCUT2D eigenvalue weighted by Crippen LogP contribution is 2.24. The smallest absolute Gasteiger partial charge is 0.223 e. The number of carbonyl (C=O) groups is 2. The van der Waals surface area contributed by atoms with E-state index in [-0.39, 0.29) is 17.7 Å². The van der Waals surface area contributed by atoms with Crippen molar-refractivity contribution in [1.29, 1.82) is 0 Å². The molecule has 0 spiro atoms. The van der Waals surface area contributed by atoms with Crippen LogP contribution in [0.2, 0.25) is 0 Å². The van der Waals surface area contributed by atoms with Gasteiger partial charge in [-0.25, -0.2) is 0 Å². The molecule has 1 fully saturated rings. The molecule has 0 aromatic heterocycles. The first-order valence-electron chi connectivity index (χ1n) is 6.95. The molecule has 0 bridgehead atoms. The summed E-state index contributed by atoms with van der Waals surface area (Å²) in [5.41, 5.74) is 2.91. The number of benzene rings is 1. The van der Waals surface area contributed by atoms with Gasteiger partial charge in [0.2, 0.25) is 5.91 Å². The van der Waals surface area contributed by atoms with Gasteiger partial charge in [0.1, 0.15) is 0 Å². The molecule has 0 aliphatic carbocycles. The van der Waals surface area contributed by atoms with Crippen LogP contribution in [-0.4, -0.2) is 29.2 Å². The summed E-state index contributed by atoms with van der Waals surface area (Å²) >= 11 is 0. The van der Waals surface area contributed by atoms with Crippen molar-refractivity contribution in [2.75, 3.05) is 6.54 Å². The zero-order chi connectivity index (χ0) is 14.0. The Balaban J connectivity index is 2.25.